The molecule has 1 aliphatic heterocycles. The molecule has 0 unspecified atom stereocenters. The number of aromatic amines is 1. The van der Waals surface area contributed by atoms with Crippen molar-refractivity contribution in [3.8, 4) is 11.5 Å². The SMILES string of the molecule is O=C(CSc1nnc(Cc2ccccc2Cl)c(=O)[nH]1)Nc1ccc2c(c1)OCCO2. The van der Waals surface area contributed by atoms with Gasteiger partial charge in [0.2, 0.25) is 5.91 Å². The summed E-state index contributed by atoms with van der Waals surface area (Å²) in [5, 5.41) is 11.6. The van der Waals surface area contributed by atoms with E-state index in [0.717, 1.165) is 17.3 Å². The van der Waals surface area contributed by atoms with E-state index in [1.165, 1.54) is 0 Å². The Balaban J connectivity index is 1.34. The number of hydrogen-bond donors (Lipinski definition) is 2. The molecule has 8 nitrogen and oxygen atoms in total. The van der Waals surface area contributed by atoms with E-state index in [2.05, 4.69) is 20.5 Å². The molecule has 0 saturated heterocycles. The third kappa shape index (κ3) is 4.92. The molecule has 0 spiro atoms. The van der Waals surface area contributed by atoms with Gasteiger partial charge in [0, 0.05) is 23.2 Å². The van der Waals surface area contributed by atoms with E-state index >= 15 is 0 Å². The molecule has 0 bridgehead atoms. The summed E-state index contributed by atoms with van der Waals surface area (Å²) in [5.41, 5.74) is 1.28. The topological polar surface area (TPSA) is 106 Å². The fourth-order valence-corrected chi connectivity index (χ4v) is 3.61. The van der Waals surface area contributed by atoms with Crippen molar-refractivity contribution in [2.45, 2.75) is 11.6 Å². The maximum absolute atomic E-state index is 12.3. The van der Waals surface area contributed by atoms with Crippen LogP contribution < -0.4 is 20.3 Å². The number of ether oxygens (including phenoxy) is 2. The Morgan fingerprint density at radius 3 is 2.73 bits per heavy atom. The molecular weight excluding hydrogens is 428 g/mol. The van der Waals surface area contributed by atoms with Gasteiger partial charge in [-0.2, -0.15) is 0 Å². The smallest absolute Gasteiger partial charge is 0.273 e. The zero-order valence-electron chi connectivity index (χ0n) is 15.7. The van der Waals surface area contributed by atoms with Gasteiger partial charge >= 0.3 is 0 Å². The number of nitrogens with one attached hydrogen (secondary N) is 2. The molecule has 154 valence electrons. The van der Waals surface area contributed by atoms with Crippen molar-refractivity contribution in [1.82, 2.24) is 15.2 Å². The fourth-order valence-electron chi connectivity index (χ4n) is 2.80. The van der Waals surface area contributed by atoms with Gasteiger partial charge in [0.05, 0.1) is 5.75 Å². The van der Waals surface area contributed by atoms with Gasteiger partial charge in [0.25, 0.3) is 5.56 Å². The third-order valence-electron chi connectivity index (χ3n) is 4.23. The van der Waals surface area contributed by atoms with Crippen LogP contribution in [0.15, 0.2) is 52.4 Å². The minimum absolute atomic E-state index is 0.0585. The number of nitrogens with zero attached hydrogens (tertiary/aromatic N) is 2. The van der Waals surface area contributed by atoms with Gasteiger partial charge in [-0.25, -0.2) is 0 Å². The van der Waals surface area contributed by atoms with Gasteiger partial charge in [0.15, 0.2) is 16.7 Å². The van der Waals surface area contributed by atoms with Crippen molar-refractivity contribution < 1.29 is 14.3 Å². The Morgan fingerprint density at radius 2 is 1.93 bits per heavy atom. The maximum Gasteiger partial charge on any atom is 0.273 e. The highest BCUT2D eigenvalue weighted by molar-refractivity contribution is 7.99. The summed E-state index contributed by atoms with van der Waals surface area (Å²) in [4.78, 5) is 27.2. The molecule has 0 radical (unpaired) electrons. The van der Waals surface area contributed by atoms with Crippen LogP contribution in [-0.4, -0.2) is 40.1 Å². The van der Waals surface area contributed by atoms with Crippen LogP contribution in [0.3, 0.4) is 0 Å². The van der Waals surface area contributed by atoms with Crippen LogP contribution in [0.25, 0.3) is 0 Å². The van der Waals surface area contributed by atoms with Gasteiger partial charge in [-0.3, -0.25) is 14.6 Å². The largest absolute Gasteiger partial charge is 0.486 e. The normalized spacial score (nSPS) is 12.4. The number of carbonyl (C=O) groups is 1. The highest BCUT2D eigenvalue weighted by Crippen LogP contribution is 2.32. The van der Waals surface area contributed by atoms with Crippen LogP contribution >= 0.6 is 23.4 Å². The lowest BCUT2D eigenvalue weighted by molar-refractivity contribution is -0.113. The number of fused-ring (bicyclic) bond motifs is 1. The van der Waals surface area contributed by atoms with Crippen molar-refractivity contribution in [1.29, 1.82) is 0 Å². The molecule has 1 amide bonds. The van der Waals surface area contributed by atoms with Gasteiger partial charge < -0.3 is 14.8 Å². The van der Waals surface area contributed by atoms with Crippen LogP contribution in [0, 0.1) is 0 Å². The van der Waals surface area contributed by atoms with E-state index in [0.29, 0.717) is 35.4 Å². The number of H-pyrrole nitrogens is 1. The highest BCUT2D eigenvalue weighted by Gasteiger charge is 2.14. The van der Waals surface area contributed by atoms with E-state index in [-0.39, 0.29) is 34.5 Å². The first kappa shape index (κ1) is 20.2. The van der Waals surface area contributed by atoms with Crippen LogP contribution in [0.1, 0.15) is 11.3 Å². The monoisotopic (exact) mass is 444 g/mol. The van der Waals surface area contributed by atoms with Crippen molar-refractivity contribution in [3.05, 3.63) is 69.1 Å². The van der Waals surface area contributed by atoms with Crippen LogP contribution in [0.4, 0.5) is 5.69 Å². The number of halogens is 1. The molecule has 3 aromatic rings. The van der Waals surface area contributed by atoms with Crippen LogP contribution in [-0.2, 0) is 11.2 Å². The molecule has 10 heteroatoms. The molecule has 30 heavy (non-hydrogen) atoms. The van der Waals surface area contributed by atoms with Gasteiger partial charge in [-0.05, 0) is 23.8 Å². The minimum atomic E-state index is -0.361. The Labute approximate surface area is 181 Å². The van der Waals surface area contributed by atoms with Gasteiger partial charge in [-0.15, -0.1) is 10.2 Å². The summed E-state index contributed by atoms with van der Waals surface area (Å²) in [6.07, 6.45) is 0.275. The first-order valence-corrected chi connectivity index (χ1v) is 10.5. The van der Waals surface area contributed by atoms with Crippen molar-refractivity contribution in [3.63, 3.8) is 0 Å². The average molecular weight is 445 g/mol. The van der Waals surface area contributed by atoms with E-state index in [1.54, 1.807) is 24.3 Å². The number of rotatable bonds is 6. The number of amides is 1. The molecule has 0 atom stereocenters. The Hall–Kier alpha value is -3.04. The Morgan fingerprint density at radius 1 is 1.13 bits per heavy atom. The average Bonchev–Trinajstić information content (AvgIpc) is 2.75. The molecule has 2 heterocycles. The van der Waals surface area contributed by atoms with E-state index in [9.17, 15) is 9.59 Å². The van der Waals surface area contributed by atoms with Crippen molar-refractivity contribution in [2.24, 2.45) is 0 Å². The van der Waals surface area contributed by atoms with Crippen molar-refractivity contribution in [2.75, 3.05) is 24.3 Å². The molecule has 4 rings (SSSR count). The number of thioether (sulfide) groups is 1. The zero-order valence-corrected chi connectivity index (χ0v) is 17.3. The molecule has 2 N–H and O–H groups in total. The lowest BCUT2D eigenvalue weighted by Gasteiger charge is -2.18. The Kier molecular flexibility index (Phi) is 6.20. The predicted octanol–water partition coefficient (Wildman–Crippen LogP) is 2.91. The number of hydrogen-bond acceptors (Lipinski definition) is 7. The molecule has 1 aliphatic rings. The van der Waals surface area contributed by atoms with Crippen molar-refractivity contribution >= 4 is 35.0 Å². The Bertz CT molecular complexity index is 1140. The van der Waals surface area contributed by atoms with Gasteiger partial charge in [-0.1, -0.05) is 41.6 Å². The number of benzene rings is 2. The lowest BCUT2D eigenvalue weighted by Crippen LogP contribution is -2.19. The lowest BCUT2D eigenvalue weighted by atomic mass is 10.1. The number of carbonyl (C=O) groups excluding carboxylic acids is 1. The second-order valence-corrected chi connectivity index (χ2v) is 7.74. The fraction of sp³-hybridized carbons (Fsp3) is 0.200. The molecule has 1 aromatic heterocycles. The molecule has 0 aliphatic carbocycles. The third-order valence-corrected chi connectivity index (χ3v) is 5.46. The molecular formula is C20H17ClN4O4S. The zero-order chi connectivity index (χ0) is 20.9. The summed E-state index contributed by atoms with van der Waals surface area (Å²) in [7, 11) is 0. The highest BCUT2D eigenvalue weighted by atomic mass is 35.5. The number of aromatic nitrogens is 3. The first-order chi connectivity index (χ1) is 14.6. The summed E-state index contributed by atoms with van der Waals surface area (Å²) in [6.45, 7) is 0.977. The molecule has 0 fully saturated rings. The molecule has 0 saturated carbocycles. The predicted molar refractivity (Wildman–Crippen MR) is 114 cm³/mol. The summed E-state index contributed by atoms with van der Waals surface area (Å²) < 4.78 is 11.0. The van der Waals surface area contributed by atoms with Gasteiger partial charge in [0.1, 0.15) is 18.9 Å². The second-order valence-electron chi connectivity index (χ2n) is 6.37. The van der Waals surface area contributed by atoms with Crippen LogP contribution in [0.2, 0.25) is 5.02 Å². The summed E-state index contributed by atoms with van der Waals surface area (Å²) >= 11 is 7.21. The minimum Gasteiger partial charge on any atom is -0.486 e. The second kappa shape index (κ2) is 9.19. The van der Waals surface area contributed by atoms with E-state index in [4.69, 9.17) is 21.1 Å². The number of anilines is 1. The maximum atomic E-state index is 12.3. The standard InChI is InChI=1S/C20H17ClN4O4S/c21-14-4-2-1-3-12(14)9-15-19(27)23-20(25-24-15)30-11-18(26)22-13-5-6-16-17(10-13)29-8-7-28-16/h1-6,10H,7-9,11H2,(H,22,26)(H,23,25,27). The van der Waals surface area contributed by atoms with E-state index < -0.39 is 0 Å². The summed E-state index contributed by atoms with van der Waals surface area (Å²) in [5.74, 6) is 1.05. The van der Waals surface area contributed by atoms with Crippen LogP contribution in [0.5, 0.6) is 11.5 Å². The van der Waals surface area contributed by atoms with E-state index in [1.807, 2.05) is 18.2 Å². The molecule has 2 aromatic carbocycles. The first-order valence-electron chi connectivity index (χ1n) is 9.10. The summed E-state index contributed by atoms with van der Waals surface area (Å²) in [6, 6.07) is 12.4. The quantitative estimate of drug-likeness (QED) is 0.563.